The number of allylic oxidation sites excluding steroid dienone is 2. The molecule has 25 nitrogen and oxygen atoms in total. The van der Waals surface area contributed by atoms with E-state index in [-0.39, 0.29) is 84.4 Å². The standard InChI is InChI=1S/C15H27NO3.C13H23NO3.C11H22.C11H24.C10H21N3.C10H21NO2.C10H19NO.C10H23N.C10H20O2.C10H22O.C8H16O2.C5H9NO2/c1-6-8-10(3)9-13(7-2)14(17)16-11(4)12(5)19-15(16)18;1-5-6-9(2)7-8-12(15)14-10(3)11(4)17-13(14)16;1-5-7-11(4)9-6-8-10(2)3;1-5-8-10(4)9-11(6-2)7-3;1-4-6-9(3)7-10(5-2)8-12-13-11;1-3-4-8(2)5-9(7-11)6-10(12)13;1-3-4-8(2)5-9-6-10(12)11-7-9;1-4-6-9(3)7-10(5-2)8-11;1-4-6-8(3)7-9(5-2)10(11)12;1-4-6-9(3)7-10(5-2)8-11;1-3-4-7(2)5-6-8(9)10;1-3-4(2)8-5(7)6-3/h10-13H,6-9H2,1-5H3;9-11H,5-8H2,1-4H3;8,11H,5-7,9H2,1-4H3;10-11H,5-9H2,1-4H3;9-10H,4-8H2,1-3H3;8-9H,3-7,11H2,1-2H3,(H,12,13);8-9H,3-7H2,1-2H3,(H,11,12);9-10H,4-8,11H2,1-3H3;8-9H,4-7H2,1-3H3,(H,11,12);9-11H,4-8H2,1-3H3;7H,3-6H2,1-2H3,(H,9,10);3-4H,1-2H3,(H,6,7)/t10-,11-,12+,13-;9-,10-,11+;11-;10-;9-,10-;2*8-,9+;9-,10-;8-,9-;9-,10-;7-;3-,4+/m111111111111/s1. The lowest BCUT2D eigenvalue weighted by Gasteiger charge is -2.24. The second-order valence-corrected chi connectivity index (χ2v) is 45.7. The number of carboxylic acid groups (broad SMARTS) is 3. The summed E-state index contributed by atoms with van der Waals surface area (Å²) in [5.74, 6) is 9.29. The van der Waals surface area contributed by atoms with Crippen molar-refractivity contribution in [2.75, 3.05) is 32.8 Å². The molecule has 4 rings (SSSR count). The summed E-state index contributed by atoms with van der Waals surface area (Å²) in [6.45, 7) is 82.7. The van der Waals surface area contributed by atoms with E-state index >= 15 is 0 Å². The van der Waals surface area contributed by atoms with Crippen LogP contribution in [0.3, 0.4) is 0 Å². The molecule has 0 aromatic heterocycles. The number of nitrogens with two attached hydrogens (primary N) is 2. The van der Waals surface area contributed by atoms with E-state index in [1.165, 1.54) is 157 Å². The van der Waals surface area contributed by atoms with Gasteiger partial charge in [0.2, 0.25) is 17.7 Å². The van der Waals surface area contributed by atoms with Crippen LogP contribution in [-0.4, -0.2) is 153 Å². The Bertz CT molecular complexity index is 3130. The molecule has 148 heavy (non-hydrogen) atoms. The number of nitrogens with one attached hydrogen (secondary N) is 2. The van der Waals surface area contributed by atoms with Gasteiger partial charge in [0.1, 0.15) is 18.3 Å². The van der Waals surface area contributed by atoms with Crippen LogP contribution in [0.5, 0.6) is 0 Å². The fourth-order valence-corrected chi connectivity index (χ4v) is 19.7. The van der Waals surface area contributed by atoms with Crippen LogP contribution < -0.4 is 22.1 Å². The SMILES string of the molecule is CCC[C@@H](C)CC(CC)CC.CCC[C@@H](C)CCC(=O)N1C(=O)O[C@@H](C)[C@H]1C.CCC[C@@H](C)CCC(=O)O.CCC[C@@H](C)CCC=C(C)C.CCC[C@@H](C)C[C@@H](CC)C(=O)N1C(=O)O[C@@H](C)[C@H]1C.CCC[C@@H](C)C[C@@H](CC)C(=O)O.CCC[C@@H](C)C[C@@H](CC)CN.CCC[C@@H](C)C[C@@H](CC)CN=[N+]=[N-].CCC[C@@H](C)C[C@@H](CC)CO.CCC[C@@H](C)C[C@@H]1CNC(=O)C1.CCC[C@@H](C)C[C@H](CN)CC(=O)O.C[C@@H]1OC(=O)N[C@@H]1C. The van der Waals surface area contributed by atoms with Crippen molar-refractivity contribution in [2.45, 2.75) is 582 Å². The van der Waals surface area contributed by atoms with Crippen molar-refractivity contribution in [1.82, 2.24) is 20.4 Å². The van der Waals surface area contributed by atoms with E-state index in [2.05, 4.69) is 228 Å². The summed E-state index contributed by atoms with van der Waals surface area (Å²) in [6, 6.07) is -0.130. The van der Waals surface area contributed by atoms with Gasteiger partial charge in [-0.25, -0.2) is 24.2 Å². The molecule has 880 valence electrons. The molecule has 4 aliphatic heterocycles. The van der Waals surface area contributed by atoms with Gasteiger partial charge in [0, 0.05) is 56.2 Å². The Hall–Kier alpha value is -6.04. The lowest BCUT2D eigenvalue weighted by atomic mass is 9.89. The Balaban J connectivity index is -0.000000242. The predicted molar refractivity (Wildman–Crippen MR) is 626 cm³/mol. The van der Waals surface area contributed by atoms with Gasteiger partial charge in [0.05, 0.1) is 24.0 Å². The molecule has 0 radical (unpaired) electrons. The van der Waals surface area contributed by atoms with Gasteiger partial charge in [-0.05, 0) is 265 Å². The van der Waals surface area contributed by atoms with Crippen molar-refractivity contribution in [3.63, 3.8) is 0 Å². The quantitative estimate of drug-likeness (QED) is 0.00922. The van der Waals surface area contributed by atoms with E-state index in [1.807, 2.05) is 55.4 Å². The minimum Gasteiger partial charge on any atom is -0.481 e. The van der Waals surface area contributed by atoms with E-state index in [0.29, 0.717) is 79.9 Å². The average molecular weight is 2110 g/mol. The summed E-state index contributed by atoms with van der Waals surface area (Å²) >= 11 is 0. The zero-order valence-corrected chi connectivity index (χ0v) is 103. The molecular weight excluding hydrogens is 1860 g/mol. The highest BCUT2D eigenvalue weighted by molar-refractivity contribution is 5.95. The Morgan fingerprint density at radius 3 is 1.06 bits per heavy atom. The first kappa shape index (κ1) is 157. The number of aliphatic hydroxyl groups excluding tert-OH is 1. The number of aliphatic carboxylic acids is 3. The number of cyclic esters (lactones) is 3. The number of rotatable bonds is 63. The van der Waals surface area contributed by atoms with Crippen molar-refractivity contribution in [1.29, 1.82) is 0 Å². The number of hydrogen-bond acceptors (Lipinski definition) is 16. The van der Waals surface area contributed by atoms with Gasteiger partial charge in [-0.1, -0.05) is 391 Å². The van der Waals surface area contributed by atoms with Gasteiger partial charge in [-0.3, -0.25) is 28.8 Å². The number of carboxylic acids is 3. The maximum Gasteiger partial charge on any atom is 0.417 e. The summed E-state index contributed by atoms with van der Waals surface area (Å²) < 4.78 is 14.9. The summed E-state index contributed by atoms with van der Waals surface area (Å²) in [6.07, 6.45) is 50.7. The van der Waals surface area contributed by atoms with E-state index in [4.69, 9.17) is 51.6 Å². The number of carbonyl (C=O) groups excluding carboxylic acids is 6. The smallest absolute Gasteiger partial charge is 0.417 e. The number of aliphatic hydroxyl groups is 1. The second kappa shape index (κ2) is 104. The zero-order chi connectivity index (χ0) is 115. The van der Waals surface area contributed by atoms with Crippen molar-refractivity contribution < 1.29 is 77.8 Å². The van der Waals surface area contributed by atoms with Crippen molar-refractivity contribution in [3.8, 4) is 0 Å². The minimum absolute atomic E-state index is 0.0301. The lowest BCUT2D eigenvalue weighted by molar-refractivity contribution is -0.142. The number of imide groups is 2. The third-order valence-electron chi connectivity index (χ3n) is 29.7. The van der Waals surface area contributed by atoms with E-state index < -0.39 is 30.1 Å². The normalized spacial score (nSPS) is 19.6. The third kappa shape index (κ3) is 91.4. The number of amides is 6. The van der Waals surface area contributed by atoms with E-state index in [1.54, 1.807) is 0 Å². The van der Waals surface area contributed by atoms with Gasteiger partial charge in [-0.15, -0.1) is 0 Å². The predicted octanol–water partition coefficient (Wildman–Crippen LogP) is 34.3. The summed E-state index contributed by atoms with van der Waals surface area (Å²) in [5.41, 5.74) is 20.8. The molecule has 0 aliphatic carbocycles. The number of ether oxygens (including phenoxy) is 3. The molecule has 4 saturated heterocycles. The largest absolute Gasteiger partial charge is 0.481 e. The molecule has 4 heterocycles. The van der Waals surface area contributed by atoms with Gasteiger partial charge in [0.25, 0.3) is 0 Å². The molecule has 0 aromatic rings. The van der Waals surface area contributed by atoms with Crippen LogP contribution in [0.2, 0.25) is 0 Å². The maximum absolute atomic E-state index is 12.5. The van der Waals surface area contributed by atoms with Crippen LogP contribution in [0.25, 0.3) is 10.4 Å². The van der Waals surface area contributed by atoms with Gasteiger partial charge < -0.3 is 56.7 Å². The van der Waals surface area contributed by atoms with Gasteiger partial charge in [-0.2, -0.15) is 0 Å². The second-order valence-electron chi connectivity index (χ2n) is 45.7. The van der Waals surface area contributed by atoms with Crippen molar-refractivity contribution in [2.24, 2.45) is 129 Å². The van der Waals surface area contributed by atoms with Gasteiger partial charge in [0.15, 0.2) is 0 Å². The molecule has 10 N–H and O–H groups in total. The van der Waals surface area contributed by atoms with Crippen LogP contribution in [0.1, 0.15) is 545 Å². The molecule has 4 fully saturated rings. The van der Waals surface area contributed by atoms with Crippen LogP contribution in [-0.2, 0) is 43.0 Å². The molecule has 6 amide bonds. The Morgan fingerprint density at radius 1 is 0.419 bits per heavy atom. The number of carbonyl (C=O) groups is 9. The fraction of sp³-hybridized carbons (Fsp3) is 0.911. The fourth-order valence-electron chi connectivity index (χ4n) is 19.7. The van der Waals surface area contributed by atoms with Crippen LogP contribution in [0, 0.1) is 112 Å². The first-order valence-electron chi connectivity index (χ1n) is 60.4. The van der Waals surface area contributed by atoms with Gasteiger partial charge >= 0.3 is 36.2 Å². The van der Waals surface area contributed by atoms with Crippen LogP contribution in [0.15, 0.2) is 16.8 Å². The molecule has 0 bridgehead atoms. The number of hydrogen-bond donors (Lipinski definition) is 8. The molecular formula is C123H247N9O16. The van der Waals surface area contributed by atoms with Crippen LogP contribution in [0.4, 0.5) is 14.4 Å². The molecule has 24 atom stereocenters. The Kier molecular flexibility index (Phi) is 110. The molecule has 25 heteroatoms. The highest BCUT2D eigenvalue weighted by Crippen LogP contribution is 2.31. The molecule has 0 aromatic carbocycles. The van der Waals surface area contributed by atoms with E-state index in [9.17, 15) is 43.2 Å². The highest BCUT2D eigenvalue weighted by Gasteiger charge is 2.43. The van der Waals surface area contributed by atoms with Crippen molar-refractivity contribution >= 4 is 53.9 Å². The summed E-state index contributed by atoms with van der Waals surface area (Å²) in [5, 5.41) is 43.8. The molecule has 0 unspecified atom stereocenters. The van der Waals surface area contributed by atoms with Crippen molar-refractivity contribution in [3.05, 3.63) is 22.1 Å². The third-order valence-corrected chi connectivity index (χ3v) is 29.7. The monoisotopic (exact) mass is 2110 g/mol. The minimum atomic E-state index is -0.737. The maximum atomic E-state index is 12.5. The number of azide groups is 1. The molecule has 4 aliphatic rings. The lowest BCUT2D eigenvalue weighted by Crippen LogP contribution is -2.42. The van der Waals surface area contributed by atoms with Crippen LogP contribution >= 0.6 is 0 Å². The first-order chi connectivity index (χ1) is 69.8. The highest BCUT2D eigenvalue weighted by atomic mass is 16.6. The first-order valence-corrected chi connectivity index (χ1v) is 60.4. The number of nitrogens with zero attached hydrogens (tertiary/aromatic N) is 5. The van der Waals surface area contributed by atoms with E-state index in [0.717, 1.165) is 189 Å². The average Bonchev–Trinajstić information content (AvgIpc) is 1.68. The Labute approximate surface area is 912 Å². The summed E-state index contributed by atoms with van der Waals surface area (Å²) in [7, 11) is 0. The Morgan fingerprint density at radius 2 is 0.764 bits per heavy atom. The number of alkyl carbamates (subject to hydrolysis) is 1. The molecule has 0 saturated carbocycles. The topological polar surface area (TPSA) is 394 Å². The summed E-state index contributed by atoms with van der Waals surface area (Å²) in [4.78, 5) is 106. The molecule has 0 spiro atoms. The zero-order valence-electron chi connectivity index (χ0n) is 103.